The van der Waals surface area contributed by atoms with Gasteiger partial charge in [-0.25, -0.2) is 9.97 Å². The van der Waals surface area contributed by atoms with Crippen molar-refractivity contribution in [3.63, 3.8) is 0 Å². The van der Waals surface area contributed by atoms with Crippen molar-refractivity contribution in [1.82, 2.24) is 19.7 Å². The number of nitrogens with one attached hydrogen (secondary N) is 1. The number of hydrogen-bond acceptors (Lipinski definition) is 6. The fourth-order valence-corrected chi connectivity index (χ4v) is 1.55. The van der Waals surface area contributed by atoms with Crippen molar-refractivity contribution in [3.05, 3.63) is 40.1 Å². The molecule has 0 aromatic carbocycles. The molecule has 18 heavy (non-hydrogen) atoms. The number of rotatable bonds is 4. The van der Waals surface area contributed by atoms with Gasteiger partial charge in [0, 0.05) is 18.8 Å². The summed E-state index contributed by atoms with van der Waals surface area (Å²) in [5, 5.41) is 17.8. The lowest BCUT2D eigenvalue weighted by atomic mass is 10.2. The van der Waals surface area contributed by atoms with Crippen LogP contribution in [0.2, 0.25) is 0 Å². The molecule has 0 saturated heterocycles. The van der Waals surface area contributed by atoms with Gasteiger partial charge in [-0.15, -0.1) is 0 Å². The molecule has 2 aromatic heterocycles. The maximum Gasteiger partial charge on any atom is 0.314 e. The van der Waals surface area contributed by atoms with E-state index in [0.717, 1.165) is 0 Å². The Hall–Kier alpha value is -2.51. The van der Waals surface area contributed by atoms with E-state index in [9.17, 15) is 10.1 Å². The molecule has 94 valence electrons. The van der Waals surface area contributed by atoms with Crippen LogP contribution in [0.4, 0.5) is 11.5 Å². The van der Waals surface area contributed by atoms with E-state index in [-0.39, 0.29) is 11.5 Å². The molecule has 0 aliphatic rings. The summed E-state index contributed by atoms with van der Waals surface area (Å²) in [6, 6.07) is 1.60. The molecule has 0 unspecified atom stereocenters. The van der Waals surface area contributed by atoms with Gasteiger partial charge in [-0.2, -0.15) is 5.10 Å². The zero-order chi connectivity index (χ0) is 13.1. The van der Waals surface area contributed by atoms with Gasteiger partial charge in [0.2, 0.25) is 5.82 Å². The molecule has 0 saturated carbocycles. The number of anilines is 1. The van der Waals surface area contributed by atoms with Crippen LogP contribution in [-0.4, -0.2) is 24.7 Å². The Morgan fingerprint density at radius 2 is 2.28 bits per heavy atom. The third kappa shape index (κ3) is 2.26. The van der Waals surface area contributed by atoms with Crippen molar-refractivity contribution in [3.8, 4) is 0 Å². The van der Waals surface area contributed by atoms with Crippen LogP contribution in [-0.2, 0) is 13.6 Å². The van der Waals surface area contributed by atoms with Gasteiger partial charge in [0.05, 0.1) is 11.5 Å². The van der Waals surface area contributed by atoms with E-state index >= 15 is 0 Å². The molecule has 0 aliphatic carbocycles. The van der Waals surface area contributed by atoms with Gasteiger partial charge < -0.3 is 5.32 Å². The van der Waals surface area contributed by atoms with Crippen LogP contribution in [0.25, 0.3) is 0 Å². The molecule has 2 rings (SSSR count). The summed E-state index contributed by atoms with van der Waals surface area (Å²) < 4.78 is 1.59. The molecule has 0 aliphatic heterocycles. The normalized spacial score (nSPS) is 10.3. The van der Waals surface area contributed by atoms with Crippen LogP contribution in [0.15, 0.2) is 18.6 Å². The summed E-state index contributed by atoms with van der Waals surface area (Å²) in [5.74, 6) is 0.913. The second-order valence-corrected chi connectivity index (χ2v) is 3.74. The van der Waals surface area contributed by atoms with Crippen LogP contribution in [0.5, 0.6) is 0 Å². The Morgan fingerprint density at radius 1 is 1.50 bits per heavy atom. The summed E-state index contributed by atoms with van der Waals surface area (Å²) >= 11 is 0. The molecule has 0 fully saturated rings. The lowest BCUT2D eigenvalue weighted by molar-refractivity contribution is -0.384. The smallest absolute Gasteiger partial charge is 0.314 e. The van der Waals surface area contributed by atoms with Crippen molar-refractivity contribution in [2.24, 2.45) is 7.05 Å². The lowest BCUT2D eigenvalue weighted by Gasteiger charge is -2.06. The summed E-state index contributed by atoms with van der Waals surface area (Å²) in [5.41, 5.74) is 0.551. The Kier molecular flexibility index (Phi) is 3.18. The molecule has 0 amide bonds. The first-order valence-electron chi connectivity index (χ1n) is 5.26. The van der Waals surface area contributed by atoms with Crippen molar-refractivity contribution >= 4 is 11.5 Å². The number of aryl methyl sites for hydroxylation is 2. The number of hydrogen-bond donors (Lipinski definition) is 1. The SMILES string of the molecule is Cc1ccnc(NCc2ncnn2C)c1[N+](=O)[O-]. The monoisotopic (exact) mass is 248 g/mol. The first-order chi connectivity index (χ1) is 8.59. The lowest BCUT2D eigenvalue weighted by Crippen LogP contribution is -2.09. The predicted molar refractivity (Wildman–Crippen MR) is 64.0 cm³/mol. The Morgan fingerprint density at radius 3 is 2.89 bits per heavy atom. The van der Waals surface area contributed by atoms with Crippen LogP contribution in [0.1, 0.15) is 11.4 Å². The molecule has 2 heterocycles. The van der Waals surface area contributed by atoms with Gasteiger partial charge in [-0.1, -0.05) is 0 Å². The van der Waals surface area contributed by atoms with Crippen LogP contribution in [0.3, 0.4) is 0 Å². The molecular weight excluding hydrogens is 236 g/mol. The Bertz CT molecular complexity index is 579. The maximum atomic E-state index is 11.0. The van der Waals surface area contributed by atoms with Crippen molar-refractivity contribution in [2.75, 3.05) is 5.32 Å². The largest absolute Gasteiger partial charge is 0.357 e. The highest BCUT2D eigenvalue weighted by Crippen LogP contribution is 2.25. The first kappa shape index (κ1) is 12.0. The fourth-order valence-electron chi connectivity index (χ4n) is 1.55. The zero-order valence-electron chi connectivity index (χ0n) is 9.99. The average molecular weight is 248 g/mol. The van der Waals surface area contributed by atoms with E-state index in [1.807, 2.05) is 0 Å². The highest BCUT2D eigenvalue weighted by Gasteiger charge is 2.18. The molecule has 8 nitrogen and oxygen atoms in total. The van der Waals surface area contributed by atoms with E-state index in [1.165, 1.54) is 12.5 Å². The van der Waals surface area contributed by atoms with Gasteiger partial charge in [0.15, 0.2) is 0 Å². The highest BCUT2D eigenvalue weighted by atomic mass is 16.6. The number of nitrogens with zero attached hydrogens (tertiary/aromatic N) is 5. The van der Waals surface area contributed by atoms with Gasteiger partial charge >= 0.3 is 5.69 Å². The third-order valence-electron chi connectivity index (χ3n) is 2.53. The molecular formula is C10H12N6O2. The summed E-state index contributed by atoms with van der Waals surface area (Å²) in [6.45, 7) is 2.00. The van der Waals surface area contributed by atoms with Gasteiger partial charge in [0.1, 0.15) is 12.2 Å². The quantitative estimate of drug-likeness (QED) is 0.641. The van der Waals surface area contributed by atoms with Gasteiger partial charge in [-0.05, 0) is 13.0 Å². The Labute approximate surface area is 103 Å². The zero-order valence-corrected chi connectivity index (χ0v) is 9.99. The van der Waals surface area contributed by atoms with Gasteiger partial charge in [0.25, 0.3) is 0 Å². The molecule has 1 N–H and O–H groups in total. The summed E-state index contributed by atoms with van der Waals surface area (Å²) in [6.07, 6.45) is 2.95. The molecule has 0 atom stereocenters. The highest BCUT2D eigenvalue weighted by molar-refractivity contribution is 5.59. The minimum Gasteiger partial charge on any atom is -0.357 e. The summed E-state index contributed by atoms with van der Waals surface area (Å²) in [4.78, 5) is 18.5. The summed E-state index contributed by atoms with van der Waals surface area (Å²) in [7, 11) is 1.75. The topological polar surface area (TPSA) is 98.8 Å². The van der Waals surface area contributed by atoms with E-state index in [2.05, 4.69) is 20.4 Å². The minimum atomic E-state index is -0.443. The average Bonchev–Trinajstić information content (AvgIpc) is 2.71. The molecule has 0 spiro atoms. The minimum absolute atomic E-state index is 0.0142. The van der Waals surface area contributed by atoms with Crippen molar-refractivity contribution < 1.29 is 4.92 Å². The van der Waals surface area contributed by atoms with Crippen molar-refractivity contribution in [1.29, 1.82) is 0 Å². The molecule has 0 bridgehead atoms. The van der Waals surface area contributed by atoms with Crippen molar-refractivity contribution in [2.45, 2.75) is 13.5 Å². The maximum absolute atomic E-state index is 11.0. The van der Waals surface area contributed by atoms with Crippen LogP contribution < -0.4 is 5.32 Å². The first-order valence-corrected chi connectivity index (χ1v) is 5.26. The van der Waals surface area contributed by atoms with E-state index < -0.39 is 4.92 Å². The Balaban J connectivity index is 2.22. The van der Waals surface area contributed by atoms with Gasteiger partial charge in [-0.3, -0.25) is 14.8 Å². The van der Waals surface area contributed by atoms with E-state index in [0.29, 0.717) is 17.9 Å². The van der Waals surface area contributed by atoms with E-state index in [1.54, 1.807) is 24.7 Å². The molecule has 0 radical (unpaired) electrons. The molecule has 8 heteroatoms. The predicted octanol–water partition coefficient (Wildman–Crippen LogP) is 1.04. The second-order valence-electron chi connectivity index (χ2n) is 3.74. The standard InChI is InChI=1S/C10H12N6O2/c1-7-3-4-11-10(9(7)16(17)18)12-5-8-13-6-14-15(8)2/h3-4,6H,5H2,1-2H3,(H,11,12). The second kappa shape index (κ2) is 4.78. The molecule has 2 aromatic rings. The number of nitro groups is 1. The number of pyridine rings is 1. The van der Waals surface area contributed by atoms with Crippen LogP contribution >= 0.6 is 0 Å². The number of aromatic nitrogens is 4. The van der Waals surface area contributed by atoms with Crippen LogP contribution in [0, 0.1) is 17.0 Å². The fraction of sp³-hybridized carbons (Fsp3) is 0.300. The third-order valence-corrected chi connectivity index (χ3v) is 2.53. The van der Waals surface area contributed by atoms with E-state index in [4.69, 9.17) is 0 Å².